The number of hydrogen-bond acceptors (Lipinski definition) is 3. The summed E-state index contributed by atoms with van der Waals surface area (Å²) in [6.07, 6.45) is 0.842. The molecule has 1 heterocycles. The first kappa shape index (κ1) is 14.8. The summed E-state index contributed by atoms with van der Waals surface area (Å²) < 4.78 is 26.4. The van der Waals surface area contributed by atoms with Crippen LogP contribution in [0.25, 0.3) is 0 Å². The number of benzene rings is 1. The van der Waals surface area contributed by atoms with E-state index in [1.165, 1.54) is 6.07 Å². The van der Waals surface area contributed by atoms with E-state index >= 15 is 0 Å². The third-order valence-electron chi connectivity index (χ3n) is 2.97. The number of nitrogens with zero attached hydrogens (tertiary/aromatic N) is 1. The van der Waals surface area contributed by atoms with E-state index in [1.54, 1.807) is 12.1 Å². The molecule has 1 saturated heterocycles. The van der Waals surface area contributed by atoms with Gasteiger partial charge >= 0.3 is 5.97 Å². The standard InChI is InChI=1S/C11H11BrClNO4S/c12-7-3-1-4-8(13)10(7)19(17,18)14-6-2-5-9(14)11(15)16/h1,3-4,9H,2,5-6H2,(H,15,16). The van der Waals surface area contributed by atoms with Gasteiger partial charge in [-0.15, -0.1) is 0 Å². The van der Waals surface area contributed by atoms with E-state index in [0.29, 0.717) is 17.3 Å². The van der Waals surface area contributed by atoms with Crippen LogP contribution >= 0.6 is 27.5 Å². The molecule has 0 radical (unpaired) electrons. The number of aliphatic carboxylic acids is 1. The largest absolute Gasteiger partial charge is 0.480 e. The van der Waals surface area contributed by atoms with Crippen molar-refractivity contribution >= 4 is 43.5 Å². The number of halogens is 2. The van der Waals surface area contributed by atoms with Crippen molar-refractivity contribution in [3.05, 3.63) is 27.7 Å². The highest BCUT2D eigenvalue weighted by Gasteiger charge is 2.40. The molecule has 2 rings (SSSR count). The Hall–Kier alpha value is -0.630. The molecule has 19 heavy (non-hydrogen) atoms. The number of carboxylic acid groups (broad SMARTS) is 1. The fourth-order valence-electron chi connectivity index (χ4n) is 2.12. The van der Waals surface area contributed by atoms with Crippen LogP contribution in [0.2, 0.25) is 5.02 Å². The summed E-state index contributed by atoms with van der Waals surface area (Å²) in [4.78, 5) is 11.0. The van der Waals surface area contributed by atoms with E-state index in [2.05, 4.69) is 15.9 Å². The highest BCUT2D eigenvalue weighted by molar-refractivity contribution is 9.10. The molecule has 1 aliphatic rings. The Morgan fingerprint density at radius 2 is 2.16 bits per heavy atom. The van der Waals surface area contributed by atoms with Gasteiger partial charge in [-0.1, -0.05) is 17.7 Å². The van der Waals surface area contributed by atoms with Crippen molar-refractivity contribution in [1.82, 2.24) is 4.31 Å². The zero-order valence-corrected chi connectivity index (χ0v) is 12.9. The Balaban J connectivity index is 2.51. The fraction of sp³-hybridized carbons (Fsp3) is 0.364. The molecule has 104 valence electrons. The van der Waals surface area contributed by atoms with Gasteiger partial charge in [-0.3, -0.25) is 4.79 Å². The lowest BCUT2D eigenvalue weighted by Gasteiger charge is -2.22. The van der Waals surface area contributed by atoms with Crippen LogP contribution in [0.5, 0.6) is 0 Å². The van der Waals surface area contributed by atoms with Crippen molar-refractivity contribution in [2.45, 2.75) is 23.8 Å². The van der Waals surface area contributed by atoms with E-state index in [0.717, 1.165) is 4.31 Å². The topological polar surface area (TPSA) is 74.7 Å². The Kier molecular flexibility index (Phi) is 4.20. The van der Waals surface area contributed by atoms with Crippen LogP contribution in [-0.2, 0) is 14.8 Å². The number of rotatable bonds is 3. The van der Waals surface area contributed by atoms with Crippen molar-refractivity contribution in [3.8, 4) is 0 Å². The van der Waals surface area contributed by atoms with Gasteiger partial charge in [0.05, 0.1) is 5.02 Å². The summed E-state index contributed by atoms with van der Waals surface area (Å²) in [5, 5.41) is 9.16. The van der Waals surface area contributed by atoms with Crippen molar-refractivity contribution in [2.24, 2.45) is 0 Å². The second-order valence-electron chi connectivity index (χ2n) is 4.16. The zero-order chi connectivity index (χ0) is 14.2. The average Bonchev–Trinajstić information content (AvgIpc) is 2.77. The van der Waals surface area contributed by atoms with E-state index in [4.69, 9.17) is 16.7 Å². The second-order valence-corrected chi connectivity index (χ2v) is 7.25. The summed E-state index contributed by atoms with van der Waals surface area (Å²) in [6, 6.07) is 3.62. The first-order chi connectivity index (χ1) is 8.85. The minimum Gasteiger partial charge on any atom is -0.480 e. The Bertz CT molecular complexity index is 599. The molecular formula is C11H11BrClNO4S. The van der Waals surface area contributed by atoms with Gasteiger partial charge < -0.3 is 5.11 Å². The van der Waals surface area contributed by atoms with Gasteiger partial charge in [-0.25, -0.2) is 8.42 Å². The molecule has 5 nitrogen and oxygen atoms in total. The molecule has 1 N–H and O–H groups in total. The van der Waals surface area contributed by atoms with Crippen LogP contribution in [-0.4, -0.2) is 36.4 Å². The molecule has 1 aromatic carbocycles. The molecule has 0 aromatic heterocycles. The monoisotopic (exact) mass is 367 g/mol. The first-order valence-electron chi connectivity index (χ1n) is 5.54. The van der Waals surface area contributed by atoms with Crippen molar-refractivity contribution in [3.63, 3.8) is 0 Å². The zero-order valence-electron chi connectivity index (χ0n) is 9.71. The van der Waals surface area contributed by atoms with Gasteiger partial charge in [-0.05, 0) is 40.9 Å². The van der Waals surface area contributed by atoms with Gasteiger partial charge in [0.15, 0.2) is 0 Å². The van der Waals surface area contributed by atoms with E-state index in [9.17, 15) is 13.2 Å². The van der Waals surface area contributed by atoms with E-state index in [1.807, 2.05) is 0 Å². The second kappa shape index (κ2) is 5.40. The minimum absolute atomic E-state index is 0.0745. The Morgan fingerprint density at radius 1 is 1.47 bits per heavy atom. The number of sulfonamides is 1. The summed E-state index contributed by atoms with van der Waals surface area (Å²) in [6.45, 7) is 0.191. The Labute approximate surface area is 124 Å². The normalized spacial score (nSPS) is 20.6. The van der Waals surface area contributed by atoms with E-state index < -0.39 is 22.0 Å². The van der Waals surface area contributed by atoms with Crippen LogP contribution in [0.15, 0.2) is 27.6 Å². The molecule has 0 amide bonds. The van der Waals surface area contributed by atoms with Gasteiger partial charge in [0.2, 0.25) is 10.0 Å². The lowest BCUT2D eigenvalue weighted by Crippen LogP contribution is -2.40. The molecular weight excluding hydrogens is 358 g/mol. The lowest BCUT2D eigenvalue weighted by molar-refractivity contribution is -0.140. The molecule has 1 fully saturated rings. The molecule has 0 spiro atoms. The maximum absolute atomic E-state index is 12.5. The van der Waals surface area contributed by atoms with E-state index in [-0.39, 0.29) is 16.5 Å². The lowest BCUT2D eigenvalue weighted by atomic mass is 10.2. The summed E-state index contributed by atoms with van der Waals surface area (Å²) in [7, 11) is -3.92. The van der Waals surface area contributed by atoms with Crippen LogP contribution in [0.1, 0.15) is 12.8 Å². The summed E-state index contributed by atoms with van der Waals surface area (Å²) in [5.74, 6) is -1.13. The number of hydrogen-bond donors (Lipinski definition) is 1. The third-order valence-corrected chi connectivity index (χ3v) is 6.33. The SMILES string of the molecule is O=C(O)C1CCCN1S(=O)(=O)c1c(Cl)cccc1Br. The van der Waals surface area contributed by atoms with Crippen LogP contribution in [0.4, 0.5) is 0 Å². The molecule has 1 aromatic rings. The predicted molar refractivity (Wildman–Crippen MR) is 73.7 cm³/mol. The fourth-order valence-corrected chi connectivity index (χ4v) is 5.45. The maximum Gasteiger partial charge on any atom is 0.322 e. The van der Waals surface area contributed by atoms with Crippen LogP contribution in [0, 0.1) is 0 Å². The highest BCUT2D eigenvalue weighted by Crippen LogP contribution is 2.34. The molecule has 1 unspecified atom stereocenters. The number of carboxylic acids is 1. The quantitative estimate of drug-likeness (QED) is 0.888. The molecule has 0 aliphatic carbocycles. The van der Waals surface area contributed by atoms with Crippen LogP contribution < -0.4 is 0 Å². The van der Waals surface area contributed by atoms with Gasteiger partial charge in [-0.2, -0.15) is 4.31 Å². The summed E-state index contributed by atoms with van der Waals surface area (Å²) in [5.41, 5.74) is 0. The van der Waals surface area contributed by atoms with Crippen molar-refractivity contribution in [1.29, 1.82) is 0 Å². The van der Waals surface area contributed by atoms with Crippen molar-refractivity contribution in [2.75, 3.05) is 6.54 Å². The van der Waals surface area contributed by atoms with Crippen molar-refractivity contribution < 1.29 is 18.3 Å². The third kappa shape index (κ3) is 2.65. The smallest absolute Gasteiger partial charge is 0.322 e. The van der Waals surface area contributed by atoms with Gasteiger partial charge in [0.1, 0.15) is 10.9 Å². The minimum atomic E-state index is -3.92. The highest BCUT2D eigenvalue weighted by atomic mass is 79.9. The van der Waals surface area contributed by atoms with Gasteiger partial charge in [0.25, 0.3) is 0 Å². The number of carbonyl (C=O) groups is 1. The summed E-state index contributed by atoms with van der Waals surface area (Å²) >= 11 is 9.09. The molecule has 0 saturated carbocycles. The predicted octanol–water partition coefficient (Wildman–Crippen LogP) is 2.34. The average molecular weight is 369 g/mol. The molecule has 0 bridgehead atoms. The Morgan fingerprint density at radius 3 is 2.74 bits per heavy atom. The molecule has 8 heteroatoms. The van der Waals surface area contributed by atoms with Gasteiger partial charge in [0, 0.05) is 11.0 Å². The molecule has 1 aliphatic heterocycles. The first-order valence-corrected chi connectivity index (χ1v) is 8.15. The van der Waals surface area contributed by atoms with Crippen LogP contribution in [0.3, 0.4) is 0 Å². The maximum atomic E-state index is 12.5. The molecule has 1 atom stereocenters.